The summed E-state index contributed by atoms with van der Waals surface area (Å²) in [5.41, 5.74) is 0.486. The Morgan fingerprint density at radius 1 is 1.40 bits per heavy atom. The van der Waals surface area contributed by atoms with Crippen molar-refractivity contribution in [3.05, 3.63) is 36.9 Å². The van der Waals surface area contributed by atoms with Crippen molar-refractivity contribution in [3.8, 4) is 11.7 Å². The number of benzene rings is 1. The first-order valence-corrected chi connectivity index (χ1v) is 4.42. The lowest BCUT2D eigenvalue weighted by Gasteiger charge is -1.98. The molecule has 1 heterocycles. The van der Waals surface area contributed by atoms with Gasteiger partial charge in [-0.2, -0.15) is 4.89 Å². The second-order valence-electron chi connectivity index (χ2n) is 2.87. The molecular weight excluding hydrogens is 196 g/mol. The predicted molar refractivity (Wildman–Crippen MR) is 53.1 cm³/mol. The Balaban J connectivity index is 2.32. The largest absolute Gasteiger partial charge is 0.420 e. The van der Waals surface area contributed by atoms with Crippen molar-refractivity contribution in [1.82, 2.24) is 0 Å². The topological polar surface area (TPSA) is 51.5 Å². The minimum atomic E-state index is -0.541. The van der Waals surface area contributed by atoms with Crippen molar-refractivity contribution in [1.29, 1.82) is 0 Å². The molecule has 1 radical (unpaired) electrons. The molecule has 1 aromatic carbocycles. The standard InChI is InChI=1S/C11H9O4/c1-2-7-13-15-10-8-5-3-4-6-9(8)14-11(10)12/h2-6H,1,7H2. The fourth-order valence-corrected chi connectivity index (χ4v) is 1.22. The number of furan rings is 1. The molecular formula is C11H9O4. The first-order valence-electron chi connectivity index (χ1n) is 4.42. The van der Waals surface area contributed by atoms with Gasteiger partial charge in [0.1, 0.15) is 12.2 Å². The maximum atomic E-state index is 11.3. The molecule has 0 N–H and O–H groups in total. The summed E-state index contributed by atoms with van der Waals surface area (Å²) in [5, 5.41) is 11.9. The van der Waals surface area contributed by atoms with Crippen LogP contribution in [0.5, 0.6) is 11.7 Å². The summed E-state index contributed by atoms with van der Waals surface area (Å²) < 4.78 is 4.94. The number of hydrogen-bond donors (Lipinski definition) is 0. The van der Waals surface area contributed by atoms with E-state index in [-0.39, 0.29) is 12.4 Å². The van der Waals surface area contributed by atoms with Gasteiger partial charge in [0.15, 0.2) is 0 Å². The molecule has 0 aliphatic carbocycles. The molecule has 4 heteroatoms. The summed E-state index contributed by atoms with van der Waals surface area (Å²) >= 11 is 0. The van der Waals surface area contributed by atoms with Crippen LogP contribution in [0, 0.1) is 0 Å². The Labute approximate surface area is 86.3 Å². The highest BCUT2D eigenvalue weighted by Gasteiger charge is 2.17. The Bertz CT molecular complexity index is 472. The molecule has 0 unspecified atom stereocenters. The van der Waals surface area contributed by atoms with Gasteiger partial charge in [0.25, 0.3) is 5.75 Å². The van der Waals surface area contributed by atoms with Gasteiger partial charge in [-0.05, 0) is 12.1 Å². The molecule has 0 bridgehead atoms. The third kappa shape index (κ3) is 1.80. The molecule has 2 aromatic rings. The fourth-order valence-electron chi connectivity index (χ4n) is 1.22. The fraction of sp³-hybridized carbons (Fsp3) is 0.0909. The number of rotatable bonds is 4. The summed E-state index contributed by atoms with van der Waals surface area (Å²) in [7, 11) is 0. The quantitative estimate of drug-likeness (QED) is 0.333. The normalized spacial score (nSPS) is 10.4. The molecule has 1 aromatic heterocycles. The third-order valence-corrected chi connectivity index (χ3v) is 1.85. The predicted octanol–water partition coefficient (Wildman–Crippen LogP) is 3.07. The lowest BCUT2D eigenvalue weighted by atomic mass is 10.2. The van der Waals surface area contributed by atoms with Crippen molar-refractivity contribution in [2.75, 3.05) is 6.61 Å². The van der Waals surface area contributed by atoms with Gasteiger partial charge < -0.3 is 9.30 Å². The van der Waals surface area contributed by atoms with Crippen LogP contribution in [0.3, 0.4) is 0 Å². The van der Waals surface area contributed by atoms with Crippen molar-refractivity contribution >= 4 is 11.0 Å². The first-order chi connectivity index (χ1) is 7.33. The van der Waals surface area contributed by atoms with Crippen molar-refractivity contribution < 1.29 is 19.3 Å². The minimum absolute atomic E-state index is 0.0763. The van der Waals surface area contributed by atoms with Crippen LogP contribution in [0.1, 0.15) is 0 Å². The Morgan fingerprint density at radius 2 is 2.20 bits per heavy atom. The molecule has 0 amide bonds. The summed E-state index contributed by atoms with van der Waals surface area (Å²) in [5.74, 6) is -0.465. The van der Waals surface area contributed by atoms with Crippen molar-refractivity contribution in [2.24, 2.45) is 0 Å². The van der Waals surface area contributed by atoms with E-state index in [1.165, 1.54) is 6.08 Å². The van der Waals surface area contributed by atoms with Crippen LogP contribution in [-0.2, 0) is 9.99 Å². The van der Waals surface area contributed by atoms with Crippen LogP contribution in [0.2, 0.25) is 0 Å². The summed E-state index contributed by atoms with van der Waals surface area (Å²) in [6, 6.07) is 6.99. The molecule has 0 saturated heterocycles. The smallest absolute Gasteiger partial charge is 0.384 e. The molecule has 0 atom stereocenters. The zero-order valence-corrected chi connectivity index (χ0v) is 7.93. The zero-order valence-electron chi connectivity index (χ0n) is 7.93. The van der Waals surface area contributed by atoms with Gasteiger partial charge in [-0.25, -0.2) is 5.11 Å². The Kier molecular flexibility index (Phi) is 2.60. The molecule has 2 rings (SSSR count). The monoisotopic (exact) mass is 205 g/mol. The van der Waals surface area contributed by atoms with Gasteiger partial charge in [-0.1, -0.05) is 18.2 Å². The number of fused-ring (bicyclic) bond motifs is 1. The maximum Gasteiger partial charge on any atom is 0.384 e. The number of para-hydroxylation sites is 1. The van der Waals surface area contributed by atoms with Crippen LogP contribution in [0.4, 0.5) is 0 Å². The van der Waals surface area contributed by atoms with Crippen LogP contribution in [0.15, 0.2) is 41.3 Å². The van der Waals surface area contributed by atoms with Crippen LogP contribution < -0.4 is 4.89 Å². The molecule has 0 saturated carbocycles. The van der Waals surface area contributed by atoms with E-state index in [4.69, 9.17) is 14.2 Å². The second-order valence-corrected chi connectivity index (χ2v) is 2.87. The zero-order chi connectivity index (χ0) is 10.7. The van der Waals surface area contributed by atoms with E-state index in [1.807, 2.05) is 0 Å². The van der Waals surface area contributed by atoms with Crippen LogP contribution >= 0.6 is 0 Å². The molecule has 77 valence electrons. The summed E-state index contributed by atoms with van der Waals surface area (Å²) in [4.78, 5) is 9.59. The number of hydrogen-bond acceptors (Lipinski definition) is 3. The lowest BCUT2D eigenvalue weighted by molar-refractivity contribution is -0.196. The van der Waals surface area contributed by atoms with E-state index in [1.54, 1.807) is 24.3 Å². The highest BCUT2D eigenvalue weighted by atomic mass is 17.2. The van der Waals surface area contributed by atoms with E-state index in [0.29, 0.717) is 11.0 Å². The highest BCUT2D eigenvalue weighted by molar-refractivity contribution is 5.86. The van der Waals surface area contributed by atoms with E-state index in [9.17, 15) is 5.11 Å². The van der Waals surface area contributed by atoms with Gasteiger partial charge in [0.2, 0.25) is 0 Å². The van der Waals surface area contributed by atoms with Crippen LogP contribution in [-0.4, -0.2) is 6.61 Å². The first kappa shape index (κ1) is 9.61. The van der Waals surface area contributed by atoms with E-state index >= 15 is 0 Å². The van der Waals surface area contributed by atoms with E-state index < -0.39 is 5.95 Å². The molecule has 0 aliphatic heterocycles. The molecule has 0 spiro atoms. The minimum Gasteiger partial charge on any atom is -0.420 e. The molecule has 15 heavy (non-hydrogen) atoms. The van der Waals surface area contributed by atoms with E-state index in [2.05, 4.69) is 6.58 Å². The Morgan fingerprint density at radius 3 is 3.00 bits per heavy atom. The van der Waals surface area contributed by atoms with Gasteiger partial charge in [0, 0.05) is 0 Å². The summed E-state index contributed by atoms with van der Waals surface area (Å²) in [6.45, 7) is 3.67. The molecule has 0 fully saturated rings. The Hall–Kier alpha value is -1.94. The SMILES string of the molecule is C=CCOOc1c([O])oc2ccccc12. The van der Waals surface area contributed by atoms with Gasteiger partial charge in [-0.15, -0.1) is 6.58 Å². The average Bonchev–Trinajstić information content (AvgIpc) is 2.56. The van der Waals surface area contributed by atoms with E-state index in [0.717, 1.165) is 0 Å². The summed E-state index contributed by atoms with van der Waals surface area (Å²) in [6.07, 6.45) is 1.52. The molecule has 4 nitrogen and oxygen atoms in total. The van der Waals surface area contributed by atoms with Gasteiger partial charge >= 0.3 is 5.95 Å². The van der Waals surface area contributed by atoms with Crippen molar-refractivity contribution in [2.45, 2.75) is 0 Å². The molecule has 0 aliphatic rings. The van der Waals surface area contributed by atoms with Gasteiger partial charge in [0.05, 0.1) is 5.39 Å². The third-order valence-electron chi connectivity index (χ3n) is 1.85. The van der Waals surface area contributed by atoms with Gasteiger partial charge in [-0.3, -0.25) is 0 Å². The highest BCUT2D eigenvalue weighted by Crippen LogP contribution is 2.38. The maximum absolute atomic E-state index is 11.3. The average molecular weight is 205 g/mol. The second kappa shape index (κ2) is 4.06. The van der Waals surface area contributed by atoms with Crippen LogP contribution in [0.25, 0.3) is 11.0 Å². The van der Waals surface area contributed by atoms with Crippen molar-refractivity contribution in [3.63, 3.8) is 0 Å². The lowest BCUT2D eigenvalue weighted by Crippen LogP contribution is -1.95.